The molecule has 10 nitrogen and oxygen atoms in total. The lowest BCUT2D eigenvalue weighted by molar-refractivity contribution is -0.154. The van der Waals surface area contributed by atoms with E-state index in [1.807, 2.05) is 13.2 Å². The van der Waals surface area contributed by atoms with Crippen molar-refractivity contribution in [2.75, 3.05) is 12.0 Å². The fraction of sp³-hybridized carbons (Fsp3) is 0.517. The molecule has 2 heterocycles. The number of rotatable bonds is 7. The first kappa shape index (κ1) is 34.1. The Morgan fingerprint density at radius 1 is 1.17 bits per heavy atom. The SMILES string of the molecule is C/C=C1\NC(=O)c2cc(SC)cc(n2)CNC(=O)C[C@@H](/C=C/CCSC(=O)CCC)OC(=O)[C@H](C(C)(C)C)NC1=O. The molecule has 41 heavy (non-hydrogen) atoms. The topological polar surface area (TPSA) is 144 Å². The Balaban J connectivity index is 2.39. The number of ether oxygens (including phenoxy) is 1. The van der Waals surface area contributed by atoms with Gasteiger partial charge in [0.1, 0.15) is 23.5 Å². The van der Waals surface area contributed by atoms with Crippen molar-refractivity contribution in [2.45, 2.75) is 83.9 Å². The van der Waals surface area contributed by atoms with E-state index in [0.29, 0.717) is 24.3 Å². The van der Waals surface area contributed by atoms with Crippen LogP contribution in [-0.4, -0.2) is 57.9 Å². The monoisotopic (exact) mass is 604 g/mol. The van der Waals surface area contributed by atoms with Gasteiger partial charge in [0.2, 0.25) is 5.91 Å². The molecule has 0 saturated carbocycles. The molecule has 0 unspecified atom stereocenters. The number of esters is 1. The number of hydrogen-bond acceptors (Lipinski definition) is 9. The van der Waals surface area contributed by atoms with Gasteiger partial charge in [-0.2, -0.15) is 0 Å². The quantitative estimate of drug-likeness (QED) is 0.139. The molecule has 2 bridgehead atoms. The van der Waals surface area contributed by atoms with Crippen LogP contribution in [-0.2, 0) is 30.5 Å². The van der Waals surface area contributed by atoms with Crippen molar-refractivity contribution < 1.29 is 28.7 Å². The third kappa shape index (κ3) is 11.3. The van der Waals surface area contributed by atoms with Crippen LogP contribution in [0.2, 0.25) is 0 Å². The van der Waals surface area contributed by atoms with Crippen molar-refractivity contribution in [3.63, 3.8) is 0 Å². The highest BCUT2D eigenvalue weighted by atomic mass is 32.2. The number of carbonyl (C=O) groups is 5. The first-order valence-corrected chi connectivity index (χ1v) is 15.7. The number of hydrogen-bond donors (Lipinski definition) is 3. The smallest absolute Gasteiger partial charge is 0.329 e. The summed E-state index contributed by atoms with van der Waals surface area (Å²) in [5.74, 6) is -1.79. The lowest BCUT2D eigenvalue weighted by Gasteiger charge is -2.31. The van der Waals surface area contributed by atoms with Gasteiger partial charge < -0.3 is 20.7 Å². The molecule has 3 N–H and O–H groups in total. The molecule has 1 aromatic heterocycles. The van der Waals surface area contributed by atoms with E-state index in [2.05, 4.69) is 20.9 Å². The van der Waals surface area contributed by atoms with Gasteiger partial charge in [-0.1, -0.05) is 51.6 Å². The molecule has 0 spiro atoms. The summed E-state index contributed by atoms with van der Waals surface area (Å²) in [4.78, 5) is 69.4. The number of nitrogens with zero attached hydrogens (tertiary/aromatic N) is 1. The molecule has 0 saturated heterocycles. The number of carbonyl (C=O) groups excluding carboxylic acids is 5. The van der Waals surface area contributed by atoms with Gasteiger partial charge >= 0.3 is 5.97 Å². The number of fused-ring (bicyclic) bond motifs is 2. The van der Waals surface area contributed by atoms with E-state index in [9.17, 15) is 24.0 Å². The van der Waals surface area contributed by atoms with Crippen molar-refractivity contribution in [2.24, 2.45) is 5.41 Å². The summed E-state index contributed by atoms with van der Waals surface area (Å²) in [6, 6.07) is 2.28. The van der Waals surface area contributed by atoms with Crippen molar-refractivity contribution in [1.82, 2.24) is 20.9 Å². The first-order chi connectivity index (χ1) is 19.4. The van der Waals surface area contributed by atoms with Gasteiger partial charge in [-0.25, -0.2) is 9.78 Å². The predicted molar refractivity (Wildman–Crippen MR) is 161 cm³/mol. The Morgan fingerprint density at radius 2 is 1.90 bits per heavy atom. The molecule has 3 amide bonds. The molecule has 0 fully saturated rings. The zero-order valence-corrected chi connectivity index (χ0v) is 26.1. The predicted octanol–water partition coefficient (Wildman–Crippen LogP) is 3.91. The van der Waals surface area contributed by atoms with Crippen molar-refractivity contribution in [1.29, 1.82) is 0 Å². The van der Waals surface area contributed by atoms with Crippen molar-refractivity contribution in [3.8, 4) is 0 Å². The molecule has 1 aromatic rings. The Bertz CT molecular complexity index is 1190. The molecule has 0 aliphatic carbocycles. The Morgan fingerprint density at radius 3 is 2.54 bits per heavy atom. The molecular weight excluding hydrogens is 564 g/mol. The zero-order chi connectivity index (χ0) is 30.6. The van der Waals surface area contributed by atoms with Gasteiger partial charge in [-0.15, -0.1) is 11.8 Å². The van der Waals surface area contributed by atoms with Gasteiger partial charge in [0.15, 0.2) is 5.12 Å². The third-order valence-corrected chi connectivity index (χ3v) is 7.63. The maximum Gasteiger partial charge on any atom is 0.329 e. The molecule has 0 radical (unpaired) electrons. The summed E-state index contributed by atoms with van der Waals surface area (Å²) in [7, 11) is 0. The average molecular weight is 605 g/mol. The molecule has 1 aliphatic heterocycles. The highest BCUT2D eigenvalue weighted by molar-refractivity contribution is 8.13. The molecule has 12 heteroatoms. The highest BCUT2D eigenvalue weighted by Gasteiger charge is 2.36. The van der Waals surface area contributed by atoms with E-state index in [1.54, 1.807) is 52.0 Å². The van der Waals surface area contributed by atoms with Gasteiger partial charge in [-0.05, 0) is 49.6 Å². The third-order valence-electron chi connectivity index (χ3n) is 5.95. The molecule has 1 aliphatic rings. The number of cyclic esters (lactones) is 1. The zero-order valence-electron chi connectivity index (χ0n) is 24.5. The minimum absolute atomic E-state index is 0.0399. The van der Waals surface area contributed by atoms with Crippen LogP contribution in [0.5, 0.6) is 0 Å². The second-order valence-electron chi connectivity index (χ2n) is 10.5. The van der Waals surface area contributed by atoms with E-state index >= 15 is 0 Å². The number of thioether (sulfide) groups is 2. The standard InChI is InChI=1S/C29H40N4O6S2/c1-7-11-24(35)41-13-10-9-12-19-15-23(34)30-17-18-14-20(40-6)16-22(31-18)27(37)32-21(8-2)26(36)33-25(28(38)39-19)29(3,4)5/h8-9,12,14,16,19,25H,7,10-11,13,15,17H2,1-6H3,(H,30,34)(H,32,37)(H,33,36)/b12-9+,21-8-/t19-,25-/m1/s1. The molecular formula is C29H40N4O6S2. The molecule has 2 atom stereocenters. The first-order valence-electron chi connectivity index (χ1n) is 13.5. The normalized spacial score (nSPS) is 20.4. The Kier molecular flexibility index (Phi) is 13.6. The summed E-state index contributed by atoms with van der Waals surface area (Å²) < 4.78 is 5.74. The average Bonchev–Trinajstić information content (AvgIpc) is 2.91. The summed E-state index contributed by atoms with van der Waals surface area (Å²) in [5, 5.41) is 8.18. The lowest BCUT2D eigenvalue weighted by Crippen LogP contribution is -2.52. The molecule has 2 rings (SSSR count). The van der Waals surface area contributed by atoms with E-state index < -0.39 is 35.3 Å². The summed E-state index contributed by atoms with van der Waals surface area (Å²) in [6.45, 7) is 8.91. The van der Waals surface area contributed by atoms with Crippen LogP contribution in [0.15, 0.2) is 41.0 Å². The van der Waals surface area contributed by atoms with Gasteiger partial charge in [0, 0.05) is 17.1 Å². The number of amides is 3. The van der Waals surface area contributed by atoms with Gasteiger partial charge in [0.05, 0.1) is 18.7 Å². The minimum Gasteiger partial charge on any atom is -0.456 e. The number of aromatic nitrogens is 1. The van der Waals surface area contributed by atoms with E-state index in [1.165, 1.54) is 29.6 Å². The second kappa shape index (κ2) is 16.4. The van der Waals surface area contributed by atoms with Crippen LogP contribution in [0, 0.1) is 5.41 Å². The minimum atomic E-state index is -1.08. The fourth-order valence-corrected chi connectivity index (χ4v) is 5.06. The number of nitrogens with one attached hydrogen (secondary N) is 3. The molecule has 224 valence electrons. The summed E-state index contributed by atoms with van der Waals surface area (Å²) in [6.07, 6.45) is 7.50. The van der Waals surface area contributed by atoms with Crippen LogP contribution < -0.4 is 16.0 Å². The van der Waals surface area contributed by atoms with Crippen LogP contribution in [0.4, 0.5) is 0 Å². The lowest BCUT2D eigenvalue weighted by atomic mass is 9.86. The van der Waals surface area contributed by atoms with Gasteiger partial charge in [-0.3, -0.25) is 19.2 Å². The highest BCUT2D eigenvalue weighted by Crippen LogP contribution is 2.23. The van der Waals surface area contributed by atoms with Crippen LogP contribution in [0.3, 0.4) is 0 Å². The Hall–Kier alpha value is -3.12. The van der Waals surface area contributed by atoms with Crippen molar-refractivity contribution >= 4 is 52.3 Å². The van der Waals surface area contributed by atoms with E-state index in [-0.39, 0.29) is 35.4 Å². The number of allylic oxidation sites excluding steroid dienone is 2. The van der Waals surface area contributed by atoms with Crippen LogP contribution in [0.25, 0.3) is 0 Å². The maximum atomic E-state index is 13.4. The summed E-state index contributed by atoms with van der Waals surface area (Å²) >= 11 is 2.66. The largest absolute Gasteiger partial charge is 0.456 e. The van der Waals surface area contributed by atoms with Crippen LogP contribution >= 0.6 is 23.5 Å². The molecule has 0 aromatic carbocycles. The fourth-order valence-electron chi connectivity index (χ4n) is 3.74. The summed E-state index contributed by atoms with van der Waals surface area (Å²) in [5.41, 5.74) is -0.249. The van der Waals surface area contributed by atoms with Crippen molar-refractivity contribution in [3.05, 3.63) is 47.4 Å². The Labute approximate surface area is 250 Å². The van der Waals surface area contributed by atoms with E-state index in [4.69, 9.17) is 4.74 Å². The van der Waals surface area contributed by atoms with E-state index in [0.717, 1.165) is 11.3 Å². The second-order valence-corrected chi connectivity index (χ2v) is 12.5. The number of pyridine rings is 1. The maximum absolute atomic E-state index is 13.4. The van der Waals surface area contributed by atoms with Crippen LogP contribution in [0.1, 0.15) is 76.5 Å². The van der Waals surface area contributed by atoms with Gasteiger partial charge in [0.25, 0.3) is 11.8 Å².